The van der Waals surface area contributed by atoms with E-state index in [1.807, 2.05) is 37.3 Å². The smallest absolute Gasteiger partial charge is 0.336 e. The maximum Gasteiger partial charge on any atom is 0.336 e. The summed E-state index contributed by atoms with van der Waals surface area (Å²) in [7, 11) is 0. The lowest BCUT2D eigenvalue weighted by atomic mass is 9.96. The Hall–Kier alpha value is -4.89. The van der Waals surface area contributed by atoms with E-state index in [4.69, 9.17) is 20.0 Å². The van der Waals surface area contributed by atoms with Gasteiger partial charge in [-0.1, -0.05) is 42.5 Å². The molecular formula is C30H20O6. The van der Waals surface area contributed by atoms with Gasteiger partial charge in [0.1, 0.15) is 16.9 Å². The van der Waals surface area contributed by atoms with E-state index in [-0.39, 0.29) is 29.9 Å². The van der Waals surface area contributed by atoms with Crippen molar-refractivity contribution in [3.05, 3.63) is 100 Å². The van der Waals surface area contributed by atoms with Crippen molar-refractivity contribution in [3.63, 3.8) is 0 Å². The molecule has 5 aromatic rings. The van der Waals surface area contributed by atoms with Gasteiger partial charge in [-0.15, -0.1) is 12.3 Å². The van der Waals surface area contributed by atoms with Crippen molar-refractivity contribution in [3.8, 4) is 29.2 Å². The maximum absolute atomic E-state index is 13.7. The number of ether oxygens (including phenoxy) is 1. The van der Waals surface area contributed by atoms with E-state index in [1.54, 1.807) is 30.3 Å². The molecule has 0 spiro atoms. The molecule has 0 aliphatic heterocycles. The lowest BCUT2D eigenvalue weighted by molar-refractivity contribution is -0.134. The zero-order valence-electron chi connectivity index (χ0n) is 19.4. The van der Waals surface area contributed by atoms with E-state index in [0.717, 1.165) is 16.5 Å². The van der Waals surface area contributed by atoms with Crippen LogP contribution in [0.1, 0.15) is 34.5 Å². The van der Waals surface area contributed by atoms with Crippen molar-refractivity contribution in [1.29, 1.82) is 0 Å². The molecule has 36 heavy (non-hydrogen) atoms. The highest BCUT2D eigenvalue weighted by Gasteiger charge is 2.26. The van der Waals surface area contributed by atoms with Gasteiger partial charge < -0.3 is 13.6 Å². The van der Waals surface area contributed by atoms with Crippen molar-refractivity contribution in [2.24, 2.45) is 0 Å². The number of hydrogen-bond donors (Lipinski definition) is 0. The molecule has 2 aromatic heterocycles. The third kappa shape index (κ3) is 4.19. The van der Waals surface area contributed by atoms with E-state index in [1.165, 1.54) is 12.1 Å². The zero-order valence-corrected chi connectivity index (χ0v) is 19.4. The number of benzene rings is 3. The number of hydrogen-bond acceptors (Lipinski definition) is 6. The molecule has 5 rings (SSSR count). The number of rotatable bonds is 6. The first-order valence-electron chi connectivity index (χ1n) is 11.3. The van der Waals surface area contributed by atoms with Gasteiger partial charge in [-0.05, 0) is 42.3 Å². The number of furan rings is 1. The number of esters is 1. The Morgan fingerprint density at radius 1 is 0.972 bits per heavy atom. The van der Waals surface area contributed by atoms with Crippen LogP contribution < -0.4 is 10.4 Å². The molecule has 3 aromatic carbocycles. The van der Waals surface area contributed by atoms with Crippen molar-refractivity contribution in [2.75, 3.05) is 0 Å². The van der Waals surface area contributed by atoms with Gasteiger partial charge in [0.2, 0.25) is 5.78 Å². The minimum absolute atomic E-state index is 0.0775. The molecule has 0 atom stereocenters. The molecule has 0 saturated carbocycles. The van der Waals surface area contributed by atoms with Crippen molar-refractivity contribution in [2.45, 2.75) is 19.8 Å². The summed E-state index contributed by atoms with van der Waals surface area (Å²) in [4.78, 5) is 38.0. The topological polar surface area (TPSA) is 86.7 Å². The number of aryl methyl sites for hydroxylation is 1. The molecule has 0 bridgehead atoms. The van der Waals surface area contributed by atoms with Crippen molar-refractivity contribution in [1.82, 2.24) is 0 Å². The average Bonchev–Trinajstić information content (AvgIpc) is 3.28. The van der Waals surface area contributed by atoms with Crippen LogP contribution in [-0.4, -0.2) is 11.8 Å². The summed E-state index contributed by atoms with van der Waals surface area (Å²) in [6.07, 6.45) is 5.55. The van der Waals surface area contributed by atoms with Gasteiger partial charge in [-0.25, -0.2) is 4.79 Å². The van der Waals surface area contributed by atoms with Crippen LogP contribution in [0.2, 0.25) is 0 Å². The van der Waals surface area contributed by atoms with E-state index >= 15 is 0 Å². The predicted molar refractivity (Wildman–Crippen MR) is 136 cm³/mol. The predicted octanol–water partition coefficient (Wildman–Crippen LogP) is 6.06. The first-order chi connectivity index (χ1) is 17.5. The van der Waals surface area contributed by atoms with E-state index < -0.39 is 17.4 Å². The normalized spacial score (nSPS) is 10.9. The van der Waals surface area contributed by atoms with Crippen LogP contribution in [0.25, 0.3) is 33.1 Å². The van der Waals surface area contributed by atoms with Gasteiger partial charge >= 0.3 is 11.6 Å². The second-order valence-corrected chi connectivity index (χ2v) is 8.27. The maximum atomic E-state index is 13.7. The highest BCUT2D eigenvalue weighted by molar-refractivity contribution is 6.20. The molecule has 0 aliphatic rings. The third-order valence-electron chi connectivity index (χ3n) is 5.84. The molecule has 0 unspecified atom stereocenters. The van der Waals surface area contributed by atoms with Gasteiger partial charge in [-0.2, -0.15) is 0 Å². The molecular weight excluding hydrogens is 456 g/mol. The van der Waals surface area contributed by atoms with Gasteiger partial charge in [0.05, 0.1) is 11.8 Å². The Morgan fingerprint density at radius 3 is 2.56 bits per heavy atom. The monoisotopic (exact) mass is 476 g/mol. The van der Waals surface area contributed by atoms with E-state index in [0.29, 0.717) is 22.1 Å². The molecule has 0 amide bonds. The van der Waals surface area contributed by atoms with Crippen LogP contribution in [0.3, 0.4) is 0 Å². The van der Waals surface area contributed by atoms with Gasteiger partial charge in [0.25, 0.3) is 0 Å². The number of carbonyl (C=O) groups excluding carboxylic acids is 2. The first kappa shape index (κ1) is 22.9. The van der Waals surface area contributed by atoms with Gasteiger partial charge in [0.15, 0.2) is 5.76 Å². The Bertz CT molecular complexity index is 1730. The number of fused-ring (bicyclic) bond motifs is 3. The molecule has 0 radical (unpaired) electrons. The average molecular weight is 476 g/mol. The van der Waals surface area contributed by atoms with Crippen LogP contribution in [0.4, 0.5) is 0 Å². The fourth-order valence-corrected chi connectivity index (χ4v) is 4.19. The lowest BCUT2D eigenvalue weighted by Crippen LogP contribution is -2.08. The standard InChI is InChI=1S/C30H20O6/c1-3-4-13-24(31)34-21-12-8-11-20(17-21)28(33)30-26(19-9-6-5-7-10-19)27-23(35-30)15-14-22-18(2)16-25(32)36-29(22)27/h1,5-12,14-17H,4,13H2,2H3. The Kier molecular flexibility index (Phi) is 5.97. The van der Waals surface area contributed by atoms with Crippen LogP contribution >= 0.6 is 0 Å². The summed E-state index contributed by atoms with van der Waals surface area (Å²) >= 11 is 0. The molecule has 0 N–H and O–H groups in total. The highest BCUT2D eigenvalue weighted by atomic mass is 16.5. The fourth-order valence-electron chi connectivity index (χ4n) is 4.19. The summed E-state index contributed by atoms with van der Waals surface area (Å²) in [6.45, 7) is 1.83. The van der Waals surface area contributed by atoms with Gasteiger partial charge in [-0.3, -0.25) is 9.59 Å². The molecule has 6 nitrogen and oxygen atoms in total. The highest BCUT2D eigenvalue weighted by Crippen LogP contribution is 2.40. The molecule has 0 aliphatic carbocycles. The number of ketones is 1. The summed E-state index contributed by atoms with van der Waals surface area (Å²) in [6, 6.07) is 20.6. The molecule has 6 heteroatoms. The van der Waals surface area contributed by atoms with Crippen molar-refractivity contribution >= 4 is 33.7 Å². The SMILES string of the molecule is C#CCCC(=O)Oc1cccc(C(=O)c2oc3ccc4c(C)cc(=O)oc4c3c2-c2ccccc2)c1. The summed E-state index contributed by atoms with van der Waals surface area (Å²) in [5, 5.41) is 1.29. The Morgan fingerprint density at radius 2 is 1.78 bits per heavy atom. The Balaban J connectivity index is 1.69. The van der Waals surface area contributed by atoms with Crippen LogP contribution in [0, 0.1) is 19.3 Å². The second-order valence-electron chi connectivity index (χ2n) is 8.27. The van der Waals surface area contributed by atoms with Crippen LogP contribution in [0.5, 0.6) is 5.75 Å². The first-order valence-corrected chi connectivity index (χ1v) is 11.3. The lowest BCUT2D eigenvalue weighted by Gasteiger charge is -2.07. The number of carbonyl (C=O) groups is 2. The molecule has 2 heterocycles. The minimum atomic E-state index is -0.486. The second kappa shape index (κ2) is 9.40. The number of terminal acetylenes is 1. The summed E-state index contributed by atoms with van der Waals surface area (Å²) in [5.74, 6) is 1.82. The largest absolute Gasteiger partial charge is 0.452 e. The van der Waals surface area contributed by atoms with Crippen LogP contribution in [-0.2, 0) is 4.79 Å². The zero-order chi connectivity index (χ0) is 25.2. The minimum Gasteiger partial charge on any atom is -0.452 e. The molecule has 176 valence electrons. The van der Waals surface area contributed by atoms with E-state index in [9.17, 15) is 14.4 Å². The molecule has 0 fully saturated rings. The Labute approximate surface area is 206 Å². The van der Waals surface area contributed by atoms with Crippen LogP contribution in [0.15, 0.2) is 86.4 Å². The van der Waals surface area contributed by atoms with E-state index in [2.05, 4.69) is 5.92 Å². The molecule has 0 saturated heterocycles. The van der Waals surface area contributed by atoms with Gasteiger partial charge in [0, 0.05) is 29.0 Å². The summed E-state index contributed by atoms with van der Waals surface area (Å²) < 4.78 is 17.0. The summed E-state index contributed by atoms with van der Waals surface area (Å²) in [5.41, 5.74) is 2.57. The fraction of sp³-hybridized carbons (Fsp3) is 0.100. The quantitative estimate of drug-likeness (QED) is 0.0973. The third-order valence-corrected chi connectivity index (χ3v) is 5.84. The van der Waals surface area contributed by atoms with Crippen molar-refractivity contribution < 1.29 is 23.2 Å².